The van der Waals surface area contributed by atoms with Gasteiger partial charge in [0.25, 0.3) is 5.56 Å². The molecule has 0 aliphatic heterocycles. The lowest BCUT2D eigenvalue weighted by Crippen LogP contribution is -2.10. The Morgan fingerprint density at radius 1 is 0.964 bits per heavy atom. The Morgan fingerprint density at radius 2 is 1.71 bits per heavy atom. The number of fused-ring (bicyclic) bond motifs is 1. The zero-order valence-corrected chi connectivity index (χ0v) is 16.0. The minimum Gasteiger partial charge on any atom is -0.306 e. The van der Waals surface area contributed by atoms with Crippen LogP contribution in [0, 0.1) is 6.92 Å². The van der Waals surface area contributed by atoms with Crippen molar-refractivity contribution in [3.63, 3.8) is 0 Å². The second-order valence-electron chi connectivity index (χ2n) is 7.08. The highest BCUT2D eigenvalue weighted by molar-refractivity contribution is 5.79. The van der Waals surface area contributed by atoms with E-state index >= 15 is 0 Å². The molecule has 1 N–H and O–H groups in total. The highest BCUT2D eigenvalue weighted by Gasteiger charge is 2.13. The average Bonchev–Trinajstić information content (AvgIpc) is 2.72. The molecule has 4 rings (SSSR count). The van der Waals surface area contributed by atoms with Gasteiger partial charge in [0.15, 0.2) is 0 Å². The summed E-state index contributed by atoms with van der Waals surface area (Å²) >= 11 is 0. The Labute approximate surface area is 164 Å². The molecule has 3 aromatic carbocycles. The summed E-state index contributed by atoms with van der Waals surface area (Å²) in [6, 6.07) is 24.0. The molecule has 0 aliphatic carbocycles. The summed E-state index contributed by atoms with van der Waals surface area (Å²) in [5.41, 5.74) is 5.00. The molecule has 1 aromatic heterocycles. The summed E-state index contributed by atoms with van der Waals surface area (Å²) in [5, 5.41) is 0.609. The zero-order chi connectivity index (χ0) is 19.5. The predicted molar refractivity (Wildman–Crippen MR) is 116 cm³/mol. The third-order valence-electron chi connectivity index (χ3n) is 4.94. The summed E-state index contributed by atoms with van der Waals surface area (Å²) in [5.74, 6) is 0.787. The molecule has 4 aromatic rings. The lowest BCUT2D eigenvalue weighted by molar-refractivity contribution is 0.968. The third-order valence-corrected chi connectivity index (χ3v) is 4.94. The number of aromatic nitrogens is 2. The van der Waals surface area contributed by atoms with Crippen LogP contribution in [0.15, 0.2) is 83.7 Å². The summed E-state index contributed by atoms with van der Waals surface area (Å²) in [6.45, 7) is 4.21. The van der Waals surface area contributed by atoms with Crippen LogP contribution in [0.2, 0.25) is 0 Å². The van der Waals surface area contributed by atoms with Crippen LogP contribution in [0.5, 0.6) is 0 Å². The topological polar surface area (TPSA) is 45.8 Å². The molecule has 0 amide bonds. The molecule has 3 nitrogen and oxygen atoms in total. The van der Waals surface area contributed by atoms with Gasteiger partial charge in [-0.25, -0.2) is 4.98 Å². The van der Waals surface area contributed by atoms with E-state index in [4.69, 9.17) is 4.98 Å². The van der Waals surface area contributed by atoms with Crippen LogP contribution in [0.3, 0.4) is 0 Å². The van der Waals surface area contributed by atoms with Gasteiger partial charge in [0, 0.05) is 11.5 Å². The number of H-pyrrole nitrogens is 1. The number of nitrogens with one attached hydrogen (secondary N) is 1. The van der Waals surface area contributed by atoms with Crippen molar-refractivity contribution in [3.8, 4) is 11.4 Å². The maximum atomic E-state index is 12.5. The fourth-order valence-electron chi connectivity index (χ4n) is 3.41. The minimum absolute atomic E-state index is 0.111. The predicted octanol–water partition coefficient (Wildman–Crippen LogP) is 5.72. The molecule has 0 radical (unpaired) electrons. The molecule has 0 spiro atoms. The lowest BCUT2D eigenvalue weighted by atomic mass is 9.93. The first-order valence-corrected chi connectivity index (χ1v) is 9.45. The van der Waals surface area contributed by atoms with Crippen molar-refractivity contribution in [2.24, 2.45) is 0 Å². The zero-order valence-electron chi connectivity index (χ0n) is 16.0. The minimum atomic E-state index is -0.111. The number of benzene rings is 3. The van der Waals surface area contributed by atoms with E-state index in [2.05, 4.69) is 61.3 Å². The standard InChI is InChI=1S/C25H22N2O/c1-17-12-15-20(18(2)13-14-19-8-4-3-5-9-19)22(16-17)24-26-23-11-7-6-10-21(23)25(28)27-24/h3-16,18H,1-2H3,(H,26,27,28)/b14-13+. The molecule has 0 saturated heterocycles. The van der Waals surface area contributed by atoms with E-state index in [1.165, 1.54) is 5.56 Å². The van der Waals surface area contributed by atoms with Crippen LogP contribution < -0.4 is 5.56 Å². The van der Waals surface area contributed by atoms with Crippen LogP contribution >= 0.6 is 0 Å². The average molecular weight is 366 g/mol. The number of aryl methyl sites for hydroxylation is 1. The molecule has 1 heterocycles. The second-order valence-corrected chi connectivity index (χ2v) is 7.08. The van der Waals surface area contributed by atoms with E-state index in [1.54, 1.807) is 6.07 Å². The van der Waals surface area contributed by atoms with Crippen molar-refractivity contribution in [2.75, 3.05) is 0 Å². The van der Waals surface area contributed by atoms with Crippen LogP contribution in [-0.4, -0.2) is 9.97 Å². The molecule has 1 atom stereocenters. The Balaban J connectivity index is 1.79. The van der Waals surface area contributed by atoms with Crippen molar-refractivity contribution in [2.45, 2.75) is 19.8 Å². The molecule has 0 aliphatic rings. The van der Waals surface area contributed by atoms with E-state index < -0.39 is 0 Å². The van der Waals surface area contributed by atoms with Gasteiger partial charge in [-0.3, -0.25) is 4.79 Å². The molecule has 0 saturated carbocycles. The largest absolute Gasteiger partial charge is 0.306 e. The molecule has 3 heteroatoms. The molecule has 138 valence electrons. The van der Waals surface area contributed by atoms with Crippen LogP contribution in [0.4, 0.5) is 0 Å². The maximum Gasteiger partial charge on any atom is 0.259 e. The van der Waals surface area contributed by atoms with Gasteiger partial charge in [0.1, 0.15) is 5.82 Å². The van der Waals surface area contributed by atoms with Crippen molar-refractivity contribution < 1.29 is 0 Å². The molecular weight excluding hydrogens is 344 g/mol. The fraction of sp³-hybridized carbons (Fsp3) is 0.120. The summed E-state index contributed by atoms with van der Waals surface area (Å²) in [4.78, 5) is 20.2. The highest BCUT2D eigenvalue weighted by atomic mass is 16.1. The number of hydrogen-bond donors (Lipinski definition) is 1. The lowest BCUT2D eigenvalue weighted by Gasteiger charge is -2.14. The van der Waals surface area contributed by atoms with Crippen LogP contribution in [0.1, 0.15) is 29.5 Å². The second kappa shape index (κ2) is 7.65. The molecule has 1 unspecified atom stereocenters. The van der Waals surface area contributed by atoms with E-state index in [-0.39, 0.29) is 11.5 Å². The fourth-order valence-corrected chi connectivity index (χ4v) is 3.41. The third kappa shape index (κ3) is 3.65. The number of aromatic amines is 1. The Kier molecular flexibility index (Phi) is 4.90. The van der Waals surface area contributed by atoms with E-state index in [1.807, 2.05) is 36.4 Å². The van der Waals surface area contributed by atoms with Gasteiger partial charge < -0.3 is 4.98 Å². The van der Waals surface area contributed by atoms with Gasteiger partial charge in [0.2, 0.25) is 0 Å². The smallest absolute Gasteiger partial charge is 0.259 e. The number of rotatable bonds is 4. The first-order chi connectivity index (χ1) is 13.6. The highest BCUT2D eigenvalue weighted by Crippen LogP contribution is 2.29. The molecule has 0 bridgehead atoms. The van der Waals surface area contributed by atoms with Gasteiger partial charge in [-0.15, -0.1) is 0 Å². The Morgan fingerprint density at radius 3 is 2.54 bits per heavy atom. The first kappa shape index (κ1) is 17.9. The van der Waals surface area contributed by atoms with Crippen LogP contribution in [0.25, 0.3) is 28.4 Å². The van der Waals surface area contributed by atoms with Gasteiger partial charge >= 0.3 is 0 Å². The van der Waals surface area contributed by atoms with Crippen molar-refractivity contribution in [3.05, 3.63) is 106 Å². The molecule has 28 heavy (non-hydrogen) atoms. The molecular formula is C25H22N2O. The number of nitrogens with zero attached hydrogens (tertiary/aromatic N) is 1. The maximum absolute atomic E-state index is 12.5. The van der Waals surface area contributed by atoms with Crippen LogP contribution in [-0.2, 0) is 0 Å². The summed E-state index contributed by atoms with van der Waals surface area (Å²) in [7, 11) is 0. The monoisotopic (exact) mass is 366 g/mol. The quantitative estimate of drug-likeness (QED) is 0.502. The van der Waals surface area contributed by atoms with E-state index in [0.29, 0.717) is 16.7 Å². The van der Waals surface area contributed by atoms with E-state index in [9.17, 15) is 4.79 Å². The number of para-hydroxylation sites is 1. The van der Waals surface area contributed by atoms with Gasteiger partial charge in [-0.2, -0.15) is 0 Å². The number of hydrogen-bond acceptors (Lipinski definition) is 2. The first-order valence-electron chi connectivity index (χ1n) is 9.45. The van der Waals surface area contributed by atoms with Crippen molar-refractivity contribution >= 4 is 17.0 Å². The Bertz CT molecular complexity index is 1210. The summed E-state index contributed by atoms with van der Waals surface area (Å²) in [6.07, 6.45) is 4.31. The van der Waals surface area contributed by atoms with Gasteiger partial charge in [0.05, 0.1) is 10.9 Å². The van der Waals surface area contributed by atoms with Crippen molar-refractivity contribution in [1.29, 1.82) is 0 Å². The van der Waals surface area contributed by atoms with Gasteiger partial charge in [-0.1, -0.05) is 79.2 Å². The van der Waals surface area contributed by atoms with Gasteiger partial charge in [-0.05, 0) is 36.2 Å². The van der Waals surface area contributed by atoms with Crippen molar-refractivity contribution in [1.82, 2.24) is 9.97 Å². The SMILES string of the molecule is Cc1ccc(C(C)/C=C/c2ccccc2)c(-c2nc3ccccc3c(=O)[nH]2)c1. The molecule has 0 fully saturated rings. The summed E-state index contributed by atoms with van der Waals surface area (Å²) < 4.78 is 0. The van der Waals surface area contributed by atoms with E-state index in [0.717, 1.165) is 16.7 Å². The normalized spacial score (nSPS) is 12.5. The number of allylic oxidation sites excluding steroid dienone is 1. The Hall–Kier alpha value is -3.46.